The number of halogens is 1. The van der Waals surface area contributed by atoms with Crippen LogP contribution in [0.15, 0.2) is 23.8 Å². The second kappa shape index (κ2) is 10.8. The smallest absolute Gasteiger partial charge is 0.387 e. The fourth-order valence-electron chi connectivity index (χ4n) is 5.37. The van der Waals surface area contributed by atoms with E-state index in [0.717, 1.165) is 17.2 Å². The Balaban J connectivity index is 1.21. The van der Waals surface area contributed by atoms with E-state index in [-0.39, 0.29) is 34.1 Å². The maximum absolute atomic E-state index is 15.9. The first-order valence-electron chi connectivity index (χ1n) is 13.0. The molecule has 4 aromatic heterocycles. The number of phosphoric ester groups is 1. The number of aromatic amines is 1. The number of rotatable bonds is 2. The van der Waals surface area contributed by atoms with E-state index in [0.29, 0.717) is 0 Å². The van der Waals surface area contributed by atoms with Crippen molar-refractivity contribution in [2.75, 3.05) is 24.7 Å². The molecular weight excluding hydrogens is 651 g/mol. The predicted octanol–water partition coefficient (Wildman–Crippen LogP) is -1.79. The van der Waals surface area contributed by atoms with Crippen molar-refractivity contribution in [1.29, 1.82) is 0 Å². The molecule has 0 aliphatic carbocycles. The number of aromatic nitrogens is 8. The number of nitrogens with one attached hydrogen (secondary N) is 2. The maximum atomic E-state index is 15.9. The van der Waals surface area contributed by atoms with Gasteiger partial charge < -0.3 is 35.8 Å². The number of anilines is 2. The van der Waals surface area contributed by atoms with Crippen LogP contribution in [-0.2, 0) is 32.2 Å². The number of nitrogens with two attached hydrogens (primary N) is 2. The molecule has 25 heteroatoms. The first-order valence-corrected chi connectivity index (χ1v) is 16.1. The summed E-state index contributed by atoms with van der Waals surface area (Å²) in [7, 11) is -10.0. The Morgan fingerprint density at radius 2 is 1.64 bits per heavy atom. The lowest BCUT2D eigenvalue weighted by molar-refractivity contribution is -0.0563. The zero-order valence-corrected chi connectivity index (χ0v) is 24.2. The van der Waals surface area contributed by atoms with Crippen LogP contribution >= 0.6 is 15.6 Å². The van der Waals surface area contributed by atoms with Gasteiger partial charge in [0.15, 0.2) is 41.3 Å². The van der Waals surface area contributed by atoms with E-state index in [1.54, 1.807) is 0 Å². The topological polar surface area (TPSA) is 312 Å². The molecule has 7 rings (SSSR count). The quantitative estimate of drug-likeness (QED) is 0.115. The SMILES string of the molecule is Nc1nc2c(ncn2C2OC3COP(=O)(O)NC4C(COP(=O)(O)OC2C3O)OC(n2cnc3c(N)ncnc32)C4F)c(=O)[nH]1. The molecule has 242 valence electrons. The van der Waals surface area contributed by atoms with Crippen LogP contribution in [0.4, 0.5) is 16.2 Å². The molecule has 0 saturated carbocycles. The van der Waals surface area contributed by atoms with Crippen LogP contribution in [0.25, 0.3) is 22.3 Å². The molecule has 0 amide bonds. The second-order valence-electron chi connectivity index (χ2n) is 10.2. The molecule has 9 N–H and O–H groups in total. The summed E-state index contributed by atoms with van der Waals surface area (Å²) in [5, 5.41) is 13.2. The normalized spacial score (nSPS) is 37.7. The van der Waals surface area contributed by atoms with Gasteiger partial charge in [-0.2, -0.15) is 4.98 Å². The van der Waals surface area contributed by atoms with Gasteiger partial charge in [0.25, 0.3) is 5.56 Å². The third-order valence-corrected chi connectivity index (χ3v) is 9.52. The van der Waals surface area contributed by atoms with Gasteiger partial charge in [-0.05, 0) is 0 Å². The lowest BCUT2D eigenvalue weighted by atomic mass is 10.1. The molecule has 3 aliphatic heterocycles. The van der Waals surface area contributed by atoms with E-state index in [4.69, 9.17) is 34.5 Å². The minimum absolute atomic E-state index is 0.00915. The van der Waals surface area contributed by atoms with E-state index in [1.165, 1.54) is 10.9 Å². The summed E-state index contributed by atoms with van der Waals surface area (Å²) in [6.07, 6.45) is -8.17. The summed E-state index contributed by atoms with van der Waals surface area (Å²) in [5.41, 5.74) is 10.7. The fraction of sp³-hybridized carbons (Fsp3) is 0.500. The van der Waals surface area contributed by atoms with Crippen LogP contribution in [0.3, 0.4) is 0 Å². The Labute approximate surface area is 248 Å². The molecule has 0 spiro atoms. The highest BCUT2D eigenvalue weighted by Crippen LogP contribution is 2.52. The minimum atomic E-state index is -5.13. The zero-order chi connectivity index (χ0) is 31.8. The van der Waals surface area contributed by atoms with Crippen molar-refractivity contribution in [3.8, 4) is 0 Å². The first-order chi connectivity index (χ1) is 21.3. The number of hydrogen-bond donors (Lipinski definition) is 7. The van der Waals surface area contributed by atoms with Gasteiger partial charge in [-0.25, -0.2) is 38.5 Å². The van der Waals surface area contributed by atoms with Crippen LogP contribution in [0, 0.1) is 0 Å². The van der Waals surface area contributed by atoms with Gasteiger partial charge >= 0.3 is 15.6 Å². The Kier molecular flexibility index (Phi) is 7.26. The van der Waals surface area contributed by atoms with Crippen molar-refractivity contribution in [1.82, 2.24) is 44.1 Å². The monoisotopic (exact) mass is 675 g/mol. The van der Waals surface area contributed by atoms with E-state index in [1.807, 2.05) is 0 Å². The third kappa shape index (κ3) is 5.30. The van der Waals surface area contributed by atoms with E-state index in [2.05, 4.69) is 35.0 Å². The third-order valence-electron chi connectivity index (χ3n) is 7.41. The van der Waals surface area contributed by atoms with Crippen molar-refractivity contribution in [3.63, 3.8) is 0 Å². The highest BCUT2D eigenvalue weighted by Gasteiger charge is 2.53. The minimum Gasteiger partial charge on any atom is -0.387 e. The zero-order valence-electron chi connectivity index (χ0n) is 22.4. The lowest BCUT2D eigenvalue weighted by Gasteiger charge is -2.26. The van der Waals surface area contributed by atoms with Crippen molar-refractivity contribution in [3.05, 3.63) is 29.3 Å². The number of nitrogen functional groups attached to an aromatic ring is 2. The predicted molar refractivity (Wildman–Crippen MR) is 144 cm³/mol. The number of nitrogens with zero attached hydrogens (tertiary/aromatic N) is 7. The summed E-state index contributed by atoms with van der Waals surface area (Å²) in [6.45, 7) is -1.65. The Bertz CT molecular complexity index is 1940. The van der Waals surface area contributed by atoms with Crippen molar-refractivity contribution >= 4 is 49.7 Å². The summed E-state index contributed by atoms with van der Waals surface area (Å²) in [4.78, 5) is 55.7. The number of aliphatic hydroxyl groups excluding tert-OH is 1. The Hall–Kier alpha value is -3.47. The number of imidazole rings is 2. The van der Waals surface area contributed by atoms with Gasteiger partial charge in [-0.3, -0.25) is 32.5 Å². The summed E-state index contributed by atoms with van der Waals surface area (Å²) in [5.74, 6) is -0.277. The van der Waals surface area contributed by atoms with E-state index >= 15 is 4.39 Å². The molecule has 7 heterocycles. The number of fused-ring (bicyclic) bond motifs is 5. The van der Waals surface area contributed by atoms with E-state index in [9.17, 15) is 28.8 Å². The van der Waals surface area contributed by atoms with Gasteiger partial charge in [0.2, 0.25) is 5.95 Å². The van der Waals surface area contributed by atoms with Gasteiger partial charge in [0, 0.05) is 0 Å². The molecule has 3 aliphatic rings. The summed E-state index contributed by atoms with van der Waals surface area (Å²) in [6, 6.07) is -1.65. The Morgan fingerprint density at radius 3 is 2.42 bits per heavy atom. The van der Waals surface area contributed by atoms with Gasteiger partial charge in [-0.15, -0.1) is 0 Å². The molecule has 45 heavy (non-hydrogen) atoms. The van der Waals surface area contributed by atoms with Crippen LogP contribution in [0.5, 0.6) is 0 Å². The van der Waals surface area contributed by atoms with Crippen molar-refractivity contribution < 1.29 is 51.5 Å². The number of alkyl halides is 1. The largest absolute Gasteiger partial charge is 0.472 e. The van der Waals surface area contributed by atoms with Crippen LogP contribution in [0.1, 0.15) is 12.5 Å². The number of phosphoric acid groups is 1. The molecule has 22 nitrogen and oxygen atoms in total. The van der Waals surface area contributed by atoms with Gasteiger partial charge in [0.1, 0.15) is 36.3 Å². The second-order valence-corrected chi connectivity index (χ2v) is 13.2. The number of ether oxygens (including phenoxy) is 2. The molecule has 10 unspecified atom stereocenters. The average molecular weight is 675 g/mol. The Morgan fingerprint density at radius 1 is 0.956 bits per heavy atom. The highest BCUT2D eigenvalue weighted by atomic mass is 31.2. The molecule has 3 fully saturated rings. The molecule has 0 radical (unpaired) electrons. The molecule has 3 saturated heterocycles. The summed E-state index contributed by atoms with van der Waals surface area (Å²) < 4.78 is 71.6. The fourth-order valence-corrected chi connectivity index (χ4v) is 7.41. The van der Waals surface area contributed by atoms with Crippen LogP contribution in [0.2, 0.25) is 0 Å². The van der Waals surface area contributed by atoms with Crippen molar-refractivity contribution in [2.45, 2.75) is 49.1 Å². The highest BCUT2D eigenvalue weighted by molar-refractivity contribution is 7.50. The molecule has 4 aromatic rings. The molecule has 0 aromatic carbocycles. The average Bonchev–Trinajstić information content (AvgIpc) is 3.72. The van der Waals surface area contributed by atoms with Gasteiger partial charge in [0.05, 0.1) is 31.9 Å². The molecule has 2 bridgehead atoms. The summed E-state index contributed by atoms with van der Waals surface area (Å²) >= 11 is 0. The molecular formula is C20H24FN11O11P2. The number of aliphatic hydroxyl groups is 1. The first kappa shape index (κ1) is 30.2. The standard InChI is InChI=1S/C20H24FN11O11P2/c21-8-9-6(41-18(8)31-4-26-10-14(22)24-3-25-15(10)31)1-40-45(37,38)43-13-12(33)7(2-39-44(35,36)30-9)42-19(13)32-5-27-11-16(32)28-20(23)29-17(11)34/h3-9,12-13,18-19,33H,1-2H2,(H,37,38)(H2,22,24,25)(H2,30,35,36)(H3,23,28,29,34). The number of H-pyrrole nitrogens is 1. The van der Waals surface area contributed by atoms with Gasteiger partial charge in [-0.1, -0.05) is 0 Å². The van der Waals surface area contributed by atoms with Crippen molar-refractivity contribution in [2.24, 2.45) is 0 Å². The van der Waals surface area contributed by atoms with Crippen LogP contribution < -0.4 is 22.1 Å². The van der Waals surface area contributed by atoms with E-state index < -0.39 is 83.4 Å². The molecule has 10 atom stereocenters. The lowest BCUT2D eigenvalue weighted by Crippen LogP contribution is -2.43. The maximum Gasteiger partial charge on any atom is 0.472 e. The number of hydrogen-bond acceptors (Lipinski definition) is 16. The van der Waals surface area contributed by atoms with Crippen LogP contribution in [-0.4, -0.2) is 104 Å².